The number of rotatable bonds is 2. The highest BCUT2D eigenvalue weighted by Gasteiger charge is 2.31. The summed E-state index contributed by atoms with van der Waals surface area (Å²) in [5.74, 6) is 0.319. The van der Waals surface area contributed by atoms with Crippen LogP contribution in [0.4, 0.5) is 5.88 Å². The zero-order valence-corrected chi connectivity index (χ0v) is 7.93. The monoisotopic (exact) mass is 196 g/mol. The summed E-state index contributed by atoms with van der Waals surface area (Å²) in [6.07, 6.45) is 0.355. The second kappa shape index (κ2) is 3.42. The fourth-order valence-corrected chi connectivity index (χ4v) is 1.50. The highest BCUT2D eigenvalue weighted by molar-refractivity contribution is 5.94. The van der Waals surface area contributed by atoms with Crippen molar-refractivity contribution in [2.24, 2.45) is 0 Å². The average Bonchev–Trinajstić information content (AvgIpc) is 2.71. The summed E-state index contributed by atoms with van der Waals surface area (Å²) < 4.78 is 5.00. The lowest BCUT2D eigenvalue weighted by molar-refractivity contribution is -0.117. The fraction of sp³-hybridized carbons (Fsp3) is 0.556. The predicted octanol–water partition coefficient (Wildman–Crippen LogP) is 0.335. The van der Waals surface area contributed by atoms with Crippen LogP contribution in [0.25, 0.3) is 0 Å². The quantitative estimate of drug-likeness (QED) is 0.740. The van der Waals surface area contributed by atoms with Gasteiger partial charge in [-0.2, -0.15) is 0 Å². The molecule has 1 fully saturated rings. The van der Waals surface area contributed by atoms with Crippen LogP contribution in [-0.4, -0.2) is 28.8 Å². The van der Waals surface area contributed by atoms with Gasteiger partial charge in [-0.15, -0.1) is 0 Å². The Hall–Kier alpha value is -1.36. The maximum atomic E-state index is 11.4. The lowest BCUT2D eigenvalue weighted by Gasteiger charge is -2.09. The van der Waals surface area contributed by atoms with Gasteiger partial charge in [-0.3, -0.25) is 9.69 Å². The van der Waals surface area contributed by atoms with Gasteiger partial charge in [-0.05, 0) is 6.42 Å². The Morgan fingerprint density at radius 1 is 1.79 bits per heavy atom. The van der Waals surface area contributed by atoms with Crippen molar-refractivity contribution < 1.29 is 14.4 Å². The lowest BCUT2D eigenvalue weighted by atomic mass is 10.3. The zero-order chi connectivity index (χ0) is 10.1. The number of β-amino-alcohol motifs (C(OH)–C–C–N with tert-alkyl or cyclic N) is 1. The largest absolute Gasteiger partial charge is 0.391 e. The standard InChI is InChI=1S/C9H12N2O3/c1-2-6-3-9(14-10-6)11-5-7(12)4-8(11)13/h3,7,12H,2,4-5H2,1H3. The molecule has 1 aromatic heterocycles. The van der Waals surface area contributed by atoms with Gasteiger partial charge in [0.25, 0.3) is 0 Å². The van der Waals surface area contributed by atoms with Crippen LogP contribution in [0, 0.1) is 0 Å². The Labute approximate surface area is 81.3 Å². The van der Waals surface area contributed by atoms with Crippen molar-refractivity contribution in [1.29, 1.82) is 0 Å². The maximum Gasteiger partial charge on any atom is 0.234 e. The van der Waals surface area contributed by atoms with Crippen LogP contribution >= 0.6 is 0 Å². The highest BCUT2D eigenvalue weighted by atomic mass is 16.5. The molecule has 0 radical (unpaired) electrons. The van der Waals surface area contributed by atoms with Crippen LogP contribution < -0.4 is 4.90 Å². The molecule has 76 valence electrons. The van der Waals surface area contributed by atoms with Crippen LogP contribution in [-0.2, 0) is 11.2 Å². The molecule has 5 nitrogen and oxygen atoms in total. The number of amides is 1. The van der Waals surface area contributed by atoms with E-state index in [0.29, 0.717) is 12.4 Å². The van der Waals surface area contributed by atoms with Gasteiger partial charge < -0.3 is 9.63 Å². The number of aliphatic hydroxyl groups excluding tert-OH is 1. The average molecular weight is 196 g/mol. The van der Waals surface area contributed by atoms with Gasteiger partial charge in [0.05, 0.1) is 24.8 Å². The second-order valence-corrected chi connectivity index (χ2v) is 3.37. The molecule has 1 aliphatic heterocycles. The molecule has 1 aromatic rings. The summed E-state index contributed by atoms with van der Waals surface area (Å²) in [4.78, 5) is 12.8. The molecule has 1 aliphatic rings. The molecule has 2 heterocycles. The smallest absolute Gasteiger partial charge is 0.234 e. The number of aromatic nitrogens is 1. The van der Waals surface area contributed by atoms with Crippen molar-refractivity contribution in [3.63, 3.8) is 0 Å². The molecule has 0 aromatic carbocycles. The topological polar surface area (TPSA) is 66.6 Å². The third-order valence-corrected chi connectivity index (χ3v) is 2.28. The minimum Gasteiger partial charge on any atom is -0.391 e. The van der Waals surface area contributed by atoms with Crippen LogP contribution in [0.5, 0.6) is 0 Å². The van der Waals surface area contributed by atoms with Crippen LogP contribution in [0.2, 0.25) is 0 Å². The third kappa shape index (κ3) is 1.50. The van der Waals surface area contributed by atoms with E-state index in [1.54, 1.807) is 6.07 Å². The first-order chi connectivity index (χ1) is 6.70. The molecule has 2 rings (SSSR count). The molecule has 1 saturated heterocycles. The van der Waals surface area contributed by atoms with Crippen molar-refractivity contribution in [2.75, 3.05) is 11.4 Å². The summed E-state index contributed by atoms with van der Waals surface area (Å²) in [7, 11) is 0. The maximum absolute atomic E-state index is 11.4. The minimum absolute atomic E-state index is 0.115. The molecule has 0 aliphatic carbocycles. The summed E-state index contributed by atoms with van der Waals surface area (Å²) in [5, 5.41) is 13.1. The molecule has 1 amide bonds. The van der Waals surface area contributed by atoms with Crippen LogP contribution in [0.3, 0.4) is 0 Å². The van der Waals surface area contributed by atoms with Crippen molar-refractivity contribution in [3.05, 3.63) is 11.8 Å². The van der Waals surface area contributed by atoms with Crippen molar-refractivity contribution in [3.8, 4) is 0 Å². The number of carbonyl (C=O) groups is 1. The lowest BCUT2D eigenvalue weighted by Crippen LogP contribution is -2.24. The second-order valence-electron chi connectivity index (χ2n) is 3.37. The summed E-state index contributed by atoms with van der Waals surface area (Å²) in [6, 6.07) is 1.73. The van der Waals surface area contributed by atoms with Crippen LogP contribution in [0.1, 0.15) is 19.0 Å². The first-order valence-corrected chi connectivity index (χ1v) is 4.64. The molecule has 0 bridgehead atoms. The molecule has 1 N–H and O–H groups in total. The first-order valence-electron chi connectivity index (χ1n) is 4.64. The Kier molecular flexibility index (Phi) is 2.25. The number of hydrogen-bond acceptors (Lipinski definition) is 4. The van der Waals surface area contributed by atoms with Crippen LogP contribution in [0.15, 0.2) is 10.6 Å². The van der Waals surface area contributed by atoms with E-state index in [2.05, 4.69) is 5.16 Å². The van der Waals surface area contributed by atoms with E-state index in [1.807, 2.05) is 6.92 Å². The number of aryl methyl sites for hydroxylation is 1. The molecule has 0 spiro atoms. The Balaban J connectivity index is 2.18. The van der Waals surface area contributed by atoms with Gasteiger partial charge >= 0.3 is 0 Å². The number of nitrogens with zero attached hydrogens (tertiary/aromatic N) is 2. The summed E-state index contributed by atoms with van der Waals surface area (Å²) in [5.41, 5.74) is 0.814. The normalized spacial score (nSPS) is 22.0. The third-order valence-electron chi connectivity index (χ3n) is 2.28. The zero-order valence-electron chi connectivity index (χ0n) is 7.93. The van der Waals surface area contributed by atoms with E-state index in [9.17, 15) is 9.90 Å². The molecule has 1 unspecified atom stereocenters. The van der Waals surface area contributed by atoms with Gasteiger partial charge in [0.15, 0.2) is 0 Å². The number of hydrogen-bond donors (Lipinski definition) is 1. The molecular formula is C9H12N2O3. The van der Waals surface area contributed by atoms with E-state index in [0.717, 1.165) is 12.1 Å². The number of anilines is 1. The van der Waals surface area contributed by atoms with E-state index in [4.69, 9.17) is 4.52 Å². The van der Waals surface area contributed by atoms with E-state index >= 15 is 0 Å². The minimum atomic E-state index is -0.585. The van der Waals surface area contributed by atoms with Gasteiger partial charge in [0, 0.05) is 6.07 Å². The van der Waals surface area contributed by atoms with Gasteiger partial charge in [-0.1, -0.05) is 12.1 Å². The van der Waals surface area contributed by atoms with Crippen molar-refractivity contribution >= 4 is 11.8 Å². The number of carbonyl (C=O) groups excluding carboxylic acids is 1. The molecule has 0 saturated carbocycles. The SMILES string of the molecule is CCc1cc(N2CC(O)CC2=O)on1. The van der Waals surface area contributed by atoms with Crippen molar-refractivity contribution in [1.82, 2.24) is 5.16 Å². The highest BCUT2D eigenvalue weighted by Crippen LogP contribution is 2.22. The van der Waals surface area contributed by atoms with Crippen molar-refractivity contribution in [2.45, 2.75) is 25.9 Å². The Morgan fingerprint density at radius 3 is 3.07 bits per heavy atom. The molecule has 14 heavy (non-hydrogen) atoms. The summed E-state index contributed by atoms with van der Waals surface area (Å²) in [6.45, 7) is 2.26. The summed E-state index contributed by atoms with van der Waals surface area (Å²) >= 11 is 0. The van der Waals surface area contributed by atoms with E-state index in [-0.39, 0.29) is 12.3 Å². The van der Waals surface area contributed by atoms with Gasteiger partial charge in [0.1, 0.15) is 0 Å². The molecule has 5 heteroatoms. The van der Waals surface area contributed by atoms with Gasteiger partial charge in [-0.25, -0.2) is 0 Å². The first kappa shape index (κ1) is 9.21. The van der Waals surface area contributed by atoms with Gasteiger partial charge in [0.2, 0.25) is 11.8 Å². The Morgan fingerprint density at radius 2 is 2.57 bits per heavy atom. The number of aliphatic hydroxyl groups is 1. The molecule has 1 atom stereocenters. The Bertz CT molecular complexity index is 348. The van der Waals surface area contributed by atoms with E-state index < -0.39 is 6.10 Å². The molecular weight excluding hydrogens is 184 g/mol. The predicted molar refractivity (Wildman–Crippen MR) is 48.9 cm³/mol. The fourth-order valence-electron chi connectivity index (χ4n) is 1.50. The van der Waals surface area contributed by atoms with E-state index in [1.165, 1.54) is 4.90 Å².